The topological polar surface area (TPSA) is 15.3 Å². The Kier molecular flexibility index (Phi) is 8.33. The van der Waals surface area contributed by atoms with E-state index in [2.05, 4.69) is 5.32 Å². The molecule has 0 amide bonds. The van der Waals surface area contributed by atoms with Crippen LogP contribution in [0.25, 0.3) is 0 Å². The molecule has 1 heterocycles. The molecule has 0 aromatic rings. The first kappa shape index (κ1) is 15.9. The number of nitrogens with zero attached hydrogens (tertiary/aromatic N) is 1. The van der Waals surface area contributed by atoms with Crippen LogP contribution in [0.2, 0.25) is 0 Å². The van der Waals surface area contributed by atoms with Crippen molar-refractivity contribution in [1.82, 2.24) is 10.2 Å². The first-order chi connectivity index (χ1) is 5.12. The number of hydrogen-bond donors (Lipinski definition) is 1. The number of alkyl halides is 1. The van der Waals surface area contributed by atoms with Gasteiger partial charge < -0.3 is 10.2 Å². The molecule has 0 aromatic heterocycles. The molecule has 0 aromatic carbocycles. The minimum atomic E-state index is -0.936. The van der Waals surface area contributed by atoms with Crippen molar-refractivity contribution in [1.29, 1.82) is 0 Å². The molecule has 0 bridgehead atoms. The second-order valence-electron chi connectivity index (χ2n) is 3.64. The molecule has 0 radical (unpaired) electrons. The fourth-order valence-corrected chi connectivity index (χ4v) is 1.60. The average molecular weight is 233 g/mol. The first-order valence-corrected chi connectivity index (χ1v) is 4.17. The standard InChI is InChI=1S/C8H17FN2.2ClH/c1-11(2)7-8(9)3-5-10-6-4-8;;/h10H,3-7H2,1-2H3;2*1H. The third kappa shape index (κ3) is 5.68. The maximum atomic E-state index is 13.7. The van der Waals surface area contributed by atoms with Crippen molar-refractivity contribution in [3.63, 3.8) is 0 Å². The van der Waals surface area contributed by atoms with E-state index in [0.29, 0.717) is 19.4 Å². The number of nitrogens with one attached hydrogen (secondary N) is 1. The van der Waals surface area contributed by atoms with Crippen molar-refractivity contribution < 1.29 is 4.39 Å². The fourth-order valence-electron chi connectivity index (χ4n) is 1.60. The highest BCUT2D eigenvalue weighted by molar-refractivity contribution is 5.85. The number of rotatable bonds is 2. The Labute approximate surface area is 92.1 Å². The Bertz CT molecular complexity index is 127. The zero-order valence-electron chi connectivity index (χ0n) is 8.18. The molecule has 0 aliphatic carbocycles. The predicted octanol–water partition coefficient (Wildman–Crippen LogP) is 1.48. The van der Waals surface area contributed by atoms with Gasteiger partial charge in [0.2, 0.25) is 0 Å². The zero-order chi connectivity index (χ0) is 8.32. The minimum absolute atomic E-state index is 0. The third-order valence-electron chi connectivity index (χ3n) is 2.10. The second-order valence-corrected chi connectivity index (χ2v) is 3.64. The van der Waals surface area contributed by atoms with Crippen LogP contribution in [-0.4, -0.2) is 44.3 Å². The van der Waals surface area contributed by atoms with Gasteiger partial charge in [0, 0.05) is 6.54 Å². The molecule has 82 valence electrons. The van der Waals surface area contributed by atoms with Gasteiger partial charge in [0.05, 0.1) is 0 Å². The van der Waals surface area contributed by atoms with Crippen LogP contribution in [0.5, 0.6) is 0 Å². The highest BCUT2D eigenvalue weighted by atomic mass is 35.5. The smallest absolute Gasteiger partial charge is 0.126 e. The van der Waals surface area contributed by atoms with Gasteiger partial charge >= 0.3 is 0 Å². The van der Waals surface area contributed by atoms with E-state index in [4.69, 9.17) is 0 Å². The van der Waals surface area contributed by atoms with Crippen LogP contribution in [-0.2, 0) is 0 Å². The van der Waals surface area contributed by atoms with Crippen LogP contribution in [0.3, 0.4) is 0 Å². The normalized spacial score (nSPS) is 20.3. The molecule has 1 aliphatic heterocycles. The van der Waals surface area contributed by atoms with Crippen molar-refractivity contribution >= 4 is 24.8 Å². The van der Waals surface area contributed by atoms with E-state index in [1.54, 1.807) is 0 Å². The molecule has 1 saturated heterocycles. The van der Waals surface area contributed by atoms with E-state index < -0.39 is 5.67 Å². The summed E-state index contributed by atoms with van der Waals surface area (Å²) in [7, 11) is 3.84. The van der Waals surface area contributed by atoms with Crippen LogP contribution >= 0.6 is 24.8 Å². The quantitative estimate of drug-likeness (QED) is 0.777. The van der Waals surface area contributed by atoms with Crippen LogP contribution in [0.4, 0.5) is 4.39 Å². The van der Waals surface area contributed by atoms with Crippen molar-refractivity contribution in [2.75, 3.05) is 33.7 Å². The number of halogens is 3. The molecule has 5 heteroatoms. The van der Waals surface area contributed by atoms with Crippen molar-refractivity contribution in [2.45, 2.75) is 18.5 Å². The van der Waals surface area contributed by atoms with Gasteiger partial charge in [-0.1, -0.05) is 0 Å². The van der Waals surface area contributed by atoms with Gasteiger partial charge in [-0.05, 0) is 40.0 Å². The second kappa shape index (κ2) is 6.82. The Morgan fingerprint density at radius 3 is 2.08 bits per heavy atom. The third-order valence-corrected chi connectivity index (χ3v) is 2.10. The molecule has 13 heavy (non-hydrogen) atoms. The van der Waals surface area contributed by atoms with Gasteiger partial charge in [0.25, 0.3) is 0 Å². The molecule has 0 atom stereocenters. The molecule has 0 unspecified atom stereocenters. The Morgan fingerprint density at radius 2 is 1.69 bits per heavy atom. The molecule has 2 nitrogen and oxygen atoms in total. The molecular formula is C8H19Cl2FN2. The van der Waals surface area contributed by atoms with E-state index in [0.717, 1.165) is 13.1 Å². The highest BCUT2D eigenvalue weighted by Gasteiger charge is 2.31. The summed E-state index contributed by atoms with van der Waals surface area (Å²) in [6.07, 6.45) is 1.32. The lowest BCUT2D eigenvalue weighted by Crippen LogP contribution is -2.44. The van der Waals surface area contributed by atoms with Gasteiger partial charge in [0.1, 0.15) is 5.67 Å². The summed E-state index contributed by atoms with van der Waals surface area (Å²) in [6, 6.07) is 0. The molecule has 1 fully saturated rings. The maximum absolute atomic E-state index is 13.7. The maximum Gasteiger partial charge on any atom is 0.126 e. The van der Waals surface area contributed by atoms with Crippen LogP contribution in [0.1, 0.15) is 12.8 Å². The van der Waals surface area contributed by atoms with Gasteiger partial charge in [-0.25, -0.2) is 4.39 Å². The molecule has 1 aliphatic rings. The fraction of sp³-hybridized carbons (Fsp3) is 1.00. The lowest BCUT2D eigenvalue weighted by molar-refractivity contribution is 0.0809. The summed E-state index contributed by atoms with van der Waals surface area (Å²) in [5, 5.41) is 3.15. The monoisotopic (exact) mass is 232 g/mol. The minimum Gasteiger partial charge on any atom is -0.316 e. The molecule has 1 N–H and O–H groups in total. The van der Waals surface area contributed by atoms with E-state index in [9.17, 15) is 4.39 Å². The number of piperidine rings is 1. The van der Waals surface area contributed by atoms with Gasteiger partial charge in [0.15, 0.2) is 0 Å². The summed E-state index contributed by atoms with van der Waals surface area (Å²) >= 11 is 0. The zero-order valence-corrected chi connectivity index (χ0v) is 9.81. The molecule has 0 saturated carbocycles. The summed E-state index contributed by atoms with van der Waals surface area (Å²) in [4.78, 5) is 1.92. The molecule has 0 spiro atoms. The highest BCUT2D eigenvalue weighted by Crippen LogP contribution is 2.23. The summed E-state index contributed by atoms with van der Waals surface area (Å²) < 4.78 is 13.7. The van der Waals surface area contributed by atoms with Crippen molar-refractivity contribution in [2.24, 2.45) is 0 Å². The summed E-state index contributed by atoms with van der Waals surface area (Å²) in [5.41, 5.74) is -0.936. The lowest BCUT2D eigenvalue weighted by Gasteiger charge is -2.32. The van der Waals surface area contributed by atoms with E-state index >= 15 is 0 Å². The number of hydrogen-bond acceptors (Lipinski definition) is 2. The largest absolute Gasteiger partial charge is 0.316 e. The van der Waals surface area contributed by atoms with Gasteiger partial charge in [-0.15, -0.1) is 24.8 Å². The SMILES string of the molecule is CN(C)CC1(F)CCNCC1.Cl.Cl. The Balaban J connectivity index is 0. The Hall–Kier alpha value is 0.430. The Morgan fingerprint density at radius 1 is 1.23 bits per heavy atom. The van der Waals surface area contributed by atoms with Crippen LogP contribution < -0.4 is 5.32 Å². The summed E-state index contributed by atoms with van der Waals surface area (Å²) in [6.45, 7) is 2.21. The van der Waals surface area contributed by atoms with Crippen LogP contribution in [0.15, 0.2) is 0 Å². The van der Waals surface area contributed by atoms with Gasteiger partial charge in [-0.2, -0.15) is 0 Å². The lowest BCUT2D eigenvalue weighted by atomic mass is 9.94. The predicted molar refractivity (Wildman–Crippen MR) is 59.0 cm³/mol. The van der Waals surface area contributed by atoms with Gasteiger partial charge in [-0.3, -0.25) is 0 Å². The summed E-state index contributed by atoms with van der Waals surface area (Å²) in [5.74, 6) is 0. The first-order valence-electron chi connectivity index (χ1n) is 4.17. The van der Waals surface area contributed by atoms with E-state index in [1.165, 1.54) is 0 Å². The van der Waals surface area contributed by atoms with Crippen molar-refractivity contribution in [3.8, 4) is 0 Å². The van der Waals surface area contributed by atoms with Crippen molar-refractivity contribution in [3.05, 3.63) is 0 Å². The average Bonchev–Trinajstić information content (AvgIpc) is 1.85. The molecular weight excluding hydrogens is 214 g/mol. The molecule has 1 rings (SSSR count). The van der Waals surface area contributed by atoms with E-state index in [1.807, 2.05) is 19.0 Å². The van der Waals surface area contributed by atoms with Crippen LogP contribution in [0, 0.1) is 0 Å². The van der Waals surface area contributed by atoms with E-state index in [-0.39, 0.29) is 24.8 Å².